The van der Waals surface area contributed by atoms with Crippen molar-refractivity contribution in [3.05, 3.63) is 89.0 Å². The number of para-hydroxylation sites is 1. The van der Waals surface area contributed by atoms with E-state index in [1.165, 1.54) is 21.8 Å². The van der Waals surface area contributed by atoms with Gasteiger partial charge in [-0.15, -0.1) is 0 Å². The van der Waals surface area contributed by atoms with Gasteiger partial charge in [-0.25, -0.2) is 14.1 Å². The molecule has 0 unspecified atom stereocenters. The zero-order valence-corrected chi connectivity index (χ0v) is 15.5. The number of hydrogen-bond donors (Lipinski definition) is 0. The Morgan fingerprint density at radius 1 is 0.966 bits per heavy atom. The van der Waals surface area contributed by atoms with E-state index in [1.54, 1.807) is 25.1 Å². The summed E-state index contributed by atoms with van der Waals surface area (Å²) >= 11 is 0. The molecule has 0 N–H and O–H groups in total. The van der Waals surface area contributed by atoms with Gasteiger partial charge in [0.05, 0.1) is 28.8 Å². The lowest BCUT2D eigenvalue weighted by Crippen LogP contribution is -2.29. The van der Waals surface area contributed by atoms with Crippen molar-refractivity contribution in [2.45, 2.75) is 13.5 Å². The third-order valence-electron chi connectivity index (χ3n) is 5.07. The number of carbonyl (C=O) groups excluding carboxylic acids is 2. The van der Waals surface area contributed by atoms with E-state index in [9.17, 15) is 14.0 Å². The van der Waals surface area contributed by atoms with E-state index in [-0.39, 0.29) is 29.3 Å². The minimum absolute atomic E-state index is 0.176. The number of aromatic nitrogens is 3. The lowest BCUT2D eigenvalue weighted by Gasteiger charge is -2.13. The Labute approximate surface area is 165 Å². The molecule has 0 saturated carbocycles. The number of fused-ring (bicyclic) bond motifs is 3. The highest BCUT2D eigenvalue weighted by Crippen LogP contribution is 2.33. The Bertz CT molecular complexity index is 1300. The molecule has 142 valence electrons. The molecule has 0 radical (unpaired) electrons. The summed E-state index contributed by atoms with van der Waals surface area (Å²) in [5, 5.41) is 4.87. The van der Waals surface area contributed by atoms with Crippen molar-refractivity contribution in [2.75, 3.05) is 0 Å². The molecule has 2 amide bonds. The van der Waals surface area contributed by atoms with Crippen LogP contribution >= 0.6 is 0 Å². The summed E-state index contributed by atoms with van der Waals surface area (Å²) in [6.45, 7) is 1.90. The molecule has 3 heterocycles. The molecular formula is C22H15FN4O2. The number of halogens is 1. The predicted octanol–water partition coefficient (Wildman–Crippen LogP) is 3.66. The van der Waals surface area contributed by atoms with E-state index < -0.39 is 11.7 Å². The fraction of sp³-hybridized carbons (Fsp3) is 0.0909. The Balaban J connectivity index is 1.66. The Morgan fingerprint density at radius 3 is 2.45 bits per heavy atom. The predicted molar refractivity (Wildman–Crippen MR) is 104 cm³/mol. The number of amides is 2. The van der Waals surface area contributed by atoms with E-state index in [0.717, 1.165) is 5.56 Å². The molecule has 1 aliphatic rings. The number of carbonyl (C=O) groups is 2. The van der Waals surface area contributed by atoms with Gasteiger partial charge in [0.2, 0.25) is 0 Å². The molecule has 2 aromatic heterocycles. The maximum Gasteiger partial charge on any atom is 0.263 e. The van der Waals surface area contributed by atoms with E-state index in [1.807, 2.05) is 30.3 Å². The molecule has 0 bridgehead atoms. The Hall–Kier alpha value is -3.87. The van der Waals surface area contributed by atoms with Crippen LogP contribution in [0.25, 0.3) is 16.7 Å². The van der Waals surface area contributed by atoms with Crippen molar-refractivity contribution in [1.82, 2.24) is 19.7 Å². The van der Waals surface area contributed by atoms with Crippen molar-refractivity contribution < 1.29 is 14.0 Å². The Morgan fingerprint density at radius 2 is 1.69 bits per heavy atom. The van der Waals surface area contributed by atoms with Crippen molar-refractivity contribution >= 4 is 22.8 Å². The summed E-state index contributed by atoms with van der Waals surface area (Å²) in [5.41, 5.74) is 2.45. The zero-order chi connectivity index (χ0) is 20.1. The summed E-state index contributed by atoms with van der Waals surface area (Å²) in [6.07, 6.45) is 1.38. The van der Waals surface area contributed by atoms with Crippen LogP contribution in [0.5, 0.6) is 0 Å². The molecule has 0 atom stereocenters. The van der Waals surface area contributed by atoms with E-state index in [2.05, 4.69) is 10.1 Å². The third kappa shape index (κ3) is 2.55. The summed E-state index contributed by atoms with van der Waals surface area (Å²) in [7, 11) is 0. The van der Waals surface area contributed by atoms with Gasteiger partial charge in [0.25, 0.3) is 11.8 Å². The van der Waals surface area contributed by atoms with Crippen LogP contribution in [-0.4, -0.2) is 31.5 Å². The molecular weight excluding hydrogens is 371 g/mol. The van der Waals surface area contributed by atoms with Gasteiger partial charge in [-0.05, 0) is 24.6 Å². The van der Waals surface area contributed by atoms with Gasteiger partial charge >= 0.3 is 0 Å². The van der Waals surface area contributed by atoms with Crippen LogP contribution in [0.1, 0.15) is 32.0 Å². The first-order valence-corrected chi connectivity index (χ1v) is 9.09. The molecule has 0 spiro atoms. The van der Waals surface area contributed by atoms with Crippen LogP contribution in [0.2, 0.25) is 0 Å². The molecule has 4 aromatic rings. The number of benzene rings is 2. The maximum absolute atomic E-state index is 14.3. The molecule has 7 heteroatoms. The second-order valence-corrected chi connectivity index (χ2v) is 6.88. The molecule has 0 saturated heterocycles. The molecule has 1 aliphatic heterocycles. The normalized spacial score (nSPS) is 13.4. The van der Waals surface area contributed by atoms with Gasteiger partial charge in [-0.2, -0.15) is 5.10 Å². The van der Waals surface area contributed by atoms with Gasteiger partial charge in [0.1, 0.15) is 11.5 Å². The van der Waals surface area contributed by atoms with Crippen LogP contribution in [-0.2, 0) is 6.54 Å². The topological polar surface area (TPSA) is 68.1 Å². The molecule has 0 aliphatic carbocycles. The first kappa shape index (κ1) is 17.2. The first-order chi connectivity index (χ1) is 14.1. The van der Waals surface area contributed by atoms with Gasteiger partial charge < -0.3 is 0 Å². The minimum atomic E-state index is -0.452. The SMILES string of the molecule is Cc1nn(-c2ccccc2F)c2ncc3c(c12)C(=O)N(Cc1ccccc1)C3=O. The molecule has 0 fully saturated rings. The average molecular weight is 386 g/mol. The molecule has 29 heavy (non-hydrogen) atoms. The number of nitrogens with zero attached hydrogens (tertiary/aromatic N) is 4. The van der Waals surface area contributed by atoms with Gasteiger partial charge in [0.15, 0.2) is 5.65 Å². The van der Waals surface area contributed by atoms with Crippen molar-refractivity contribution in [3.63, 3.8) is 0 Å². The smallest absolute Gasteiger partial charge is 0.263 e. The first-order valence-electron chi connectivity index (χ1n) is 9.09. The summed E-state index contributed by atoms with van der Waals surface area (Å²) < 4.78 is 15.7. The fourth-order valence-electron chi connectivity index (χ4n) is 3.71. The highest BCUT2D eigenvalue weighted by atomic mass is 19.1. The Kier molecular flexibility index (Phi) is 3.77. The lowest BCUT2D eigenvalue weighted by atomic mass is 10.1. The second-order valence-electron chi connectivity index (χ2n) is 6.88. The van der Waals surface area contributed by atoms with Crippen LogP contribution in [0.15, 0.2) is 60.8 Å². The summed E-state index contributed by atoms with van der Waals surface area (Å²) in [5.74, 6) is -1.23. The standard InChI is InChI=1S/C22H15FN4O2/c1-13-18-19-15(21(28)26(22(19)29)12-14-7-3-2-4-8-14)11-24-20(18)27(25-13)17-10-6-5-9-16(17)23/h2-11H,12H2,1H3. The summed E-state index contributed by atoms with van der Waals surface area (Å²) in [4.78, 5) is 31.6. The van der Waals surface area contributed by atoms with Crippen LogP contribution < -0.4 is 0 Å². The summed E-state index contributed by atoms with van der Waals surface area (Å²) in [6, 6.07) is 15.5. The molecule has 2 aromatic carbocycles. The van der Waals surface area contributed by atoms with Gasteiger partial charge in [-0.3, -0.25) is 14.5 Å². The van der Waals surface area contributed by atoms with E-state index in [0.29, 0.717) is 16.7 Å². The van der Waals surface area contributed by atoms with Crippen molar-refractivity contribution in [1.29, 1.82) is 0 Å². The largest absolute Gasteiger partial charge is 0.270 e. The maximum atomic E-state index is 14.3. The zero-order valence-electron chi connectivity index (χ0n) is 15.5. The van der Waals surface area contributed by atoms with E-state index in [4.69, 9.17) is 0 Å². The van der Waals surface area contributed by atoms with Crippen molar-refractivity contribution in [3.8, 4) is 5.69 Å². The highest BCUT2D eigenvalue weighted by Gasteiger charge is 2.39. The van der Waals surface area contributed by atoms with Crippen LogP contribution in [0.3, 0.4) is 0 Å². The number of imide groups is 1. The highest BCUT2D eigenvalue weighted by molar-refractivity contribution is 6.26. The average Bonchev–Trinajstić information content (AvgIpc) is 3.19. The van der Waals surface area contributed by atoms with Gasteiger partial charge in [0, 0.05) is 6.20 Å². The minimum Gasteiger partial charge on any atom is -0.270 e. The van der Waals surface area contributed by atoms with Gasteiger partial charge in [-0.1, -0.05) is 42.5 Å². The monoisotopic (exact) mass is 386 g/mol. The number of pyridine rings is 1. The van der Waals surface area contributed by atoms with E-state index >= 15 is 0 Å². The number of hydrogen-bond acceptors (Lipinski definition) is 4. The van der Waals surface area contributed by atoms with Crippen LogP contribution in [0.4, 0.5) is 4.39 Å². The molecule has 5 rings (SSSR count). The second kappa shape index (κ2) is 6.34. The van der Waals surface area contributed by atoms with Crippen molar-refractivity contribution in [2.24, 2.45) is 0 Å². The number of aryl methyl sites for hydroxylation is 1. The lowest BCUT2D eigenvalue weighted by molar-refractivity contribution is 0.0643. The van der Waals surface area contributed by atoms with Crippen LogP contribution in [0, 0.1) is 12.7 Å². The quantitative estimate of drug-likeness (QED) is 0.504. The fourth-order valence-corrected chi connectivity index (χ4v) is 3.71. The molecule has 6 nitrogen and oxygen atoms in total. The number of rotatable bonds is 3. The third-order valence-corrected chi connectivity index (χ3v) is 5.07.